The Balaban J connectivity index is 2.11. The molecule has 6 heteroatoms. The maximum atomic E-state index is 5.64. The smallest absolute Gasteiger partial charge is 0.244 e. The third-order valence-corrected chi connectivity index (χ3v) is 2.04. The predicted molar refractivity (Wildman–Crippen MR) is 55.7 cm³/mol. The zero-order valence-corrected chi connectivity index (χ0v) is 8.85. The van der Waals surface area contributed by atoms with E-state index >= 15 is 0 Å². The van der Waals surface area contributed by atoms with E-state index in [4.69, 9.17) is 16.0 Å². The summed E-state index contributed by atoms with van der Waals surface area (Å²) in [6, 6.07) is 3.74. The number of rotatable bonds is 3. The molecule has 0 aromatic carbocycles. The first-order chi connectivity index (χ1) is 7.25. The van der Waals surface area contributed by atoms with E-state index in [9.17, 15) is 0 Å². The lowest BCUT2D eigenvalue weighted by Gasteiger charge is -2.15. The molecule has 0 atom stereocenters. The first-order valence-electron chi connectivity index (χ1n) is 4.34. The molecule has 0 unspecified atom stereocenters. The molecule has 0 N–H and O–H groups in total. The molecule has 0 aliphatic carbocycles. The third kappa shape index (κ3) is 2.44. The van der Waals surface area contributed by atoms with Gasteiger partial charge in [0.2, 0.25) is 5.28 Å². The van der Waals surface area contributed by atoms with Crippen LogP contribution in [-0.4, -0.2) is 22.2 Å². The van der Waals surface area contributed by atoms with Crippen LogP contribution in [-0.2, 0) is 6.54 Å². The lowest BCUT2D eigenvalue weighted by Crippen LogP contribution is -2.17. The van der Waals surface area contributed by atoms with Crippen molar-refractivity contribution in [1.82, 2.24) is 15.2 Å². The topological polar surface area (TPSA) is 55.1 Å². The highest BCUT2D eigenvalue weighted by molar-refractivity contribution is 6.28. The van der Waals surface area contributed by atoms with Crippen LogP contribution in [0.4, 0.5) is 5.82 Å². The largest absolute Gasteiger partial charge is 0.467 e. The maximum absolute atomic E-state index is 5.64. The Kier molecular flexibility index (Phi) is 2.82. The molecule has 0 bridgehead atoms. The van der Waals surface area contributed by atoms with Crippen molar-refractivity contribution in [3.05, 3.63) is 35.6 Å². The quantitative estimate of drug-likeness (QED) is 0.795. The Morgan fingerprint density at radius 3 is 3.07 bits per heavy atom. The molecule has 0 saturated heterocycles. The van der Waals surface area contributed by atoms with E-state index in [2.05, 4.69) is 15.2 Å². The van der Waals surface area contributed by atoms with Gasteiger partial charge in [0.15, 0.2) is 5.82 Å². The molecule has 2 rings (SSSR count). The van der Waals surface area contributed by atoms with E-state index in [1.807, 2.05) is 24.1 Å². The molecule has 0 fully saturated rings. The van der Waals surface area contributed by atoms with Crippen molar-refractivity contribution in [2.24, 2.45) is 0 Å². The van der Waals surface area contributed by atoms with Crippen molar-refractivity contribution < 1.29 is 4.42 Å². The highest BCUT2D eigenvalue weighted by Gasteiger charge is 2.06. The fourth-order valence-corrected chi connectivity index (χ4v) is 1.31. The molecule has 15 heavy (non-hydrogen) atoms. The van der Waals surface area contributed by atoms with Crippen LogP contribution in [0.25, 0.3) is 0 Å². The van der Waals surface area contributed by atoms with Crippen molar-refractivity contribution in [2.75, 3.05) is 11.9 Å². The number of furan rings is 1. The average molecular weight is 225 g/mol. The number of hydrogen-bond donors (Lipinski definition) is 0. The minimum absolute atomic E-state index is 0.138. The van der Waals surface area contributed by atoms with Gasteiger partial charge in [0.05, 0.1) is 19.0 Å². The van der Waals surface area contributed by atoms with Crippen LogP contribution in [0.2, 0.25) is 5.28 Å². The summed E-state index contributed by atoms with van der Waals surface area (Å²) in [6.07, 6.45) is 3.18. The summed E-state index contributed by atoms with van der Waals surface area (Å²) in [5.74, 6) is 1.51. The van der Waals surface area contributed by atoms with Crippen molar-refractivity contribution in [1.29, 1.82) is 0 Å². The SMILES string of the molecule is CN(Cc1ccco1)c1cnnc(Cl)n1. The Bertz CT molecular complexity index is 431. The number of halogens is 1. The summed E-state index contributed by atoms with van der Waals surface area (Å²) in [6.45, 7) is 0.613. The molecule has 0 radical (unpaired) electrons. The van der Waals surface area contributed by atoms with Gasteiger partial charge in [-0.15, -0.1) is 5.10 Å². The lowest BCUT2D eigenvalue weighted by atomic mass is 10.4. The van der Waals surface area contributed by atoms with Gasteiger partial charge in [0, 0.05) is 7.05 Å². The Hall–Kier alpha value is -1.62. The molecule has 0 spiro atoms. The second-order valence-electron chi connectivity index (χ2n) is 3.02. The van der Waals surface area contributed by atoms with E-state index in [0.29, 0.717) is 12.4 Å². The van der Waals surface area contributed by atoms with E-state index in [1.54, 1.807) is 12.5 Å². The molecule has 0 aliphatic rings. The zero-order valence-electron chi connectivity index (χ0n) is 8.09. The Labute approximate surface area is 91.7 Å². The van der Waals surface area contributed by atoms with Gasteiger partial charge >= 0.3 is 0 Å². The van der Waals surface area contributed by atoms with Crippen LogP contribution in [0.5, 0.6) is 0 Å². The van der Waals surface area contributed by atoms with E-state index < -0.39 is 0 Å². The number of nitrogens with zero attached hydrogens (tertiary/aromatic N) is 4. The highest BCUT2D eigenvalue weighted by Crippen LogP contribution is 2.12. The molecule has 0 aliphatic heterocycles. The molecule has 2 aromatic rings. The second-order valence-corrected chi connectivity index (χ2v) is 3.36. The maximum Gasteiger partial charge on any atom is 0.244 e. The van der Waals surface area contributed by atoms with Gasteiger partial charge in [-0.2, -0.15) is 10.1 Å². The van der Waals surface area contributed by atoms with Crippen LogP contribution in [0.15, 0.2) is 29.0 Å². The highest BCUT2D eigenvalue weighted by atomic mass is 35.5. The minimum Gasteiger partial charge on any atom is -0.467 e. The Morgan fingerprint density at radius 1 is 1.53 bits per heavy atom. The number of aromatic nitrogens is 3. The van der Waals surface area contributed by atoms with Crippen LogP contribution in [0, 0.1) is 0 Å². The molecule has 0 saturated carbocycles. The number of hydrogen-bond acceptors (Lipinski definition) is 5. The van der Waals surface area contributed by atoms with Crippen LogP contribution >= 0.6 is 11.6 Å². The van der Waals surface area contributed by atoms with Crippen molar-refractivity contribution in [3.8, 4) is 0 Å². The average Bonchev–Trinajstić information content (AvgIpc) is 2.70. The molecular formula is C9H9ClN4O. The van der Waals surface area contributed by atoms with Crippen LogP contribution in [0.3, 0.4) is 0 Å². The standard InChI is InChI=1S/C9H9ClN4O/c1-14(6-7-3-2-4-15-7)8-5-11-13-9(10)12-8/h2-5H,6H2,1H3. The second kappa shape index (κ2) is 4.27. The fraction of sp³-hybridized carbons (Fsp3) is 0.222. The third-order valence-electron chi connectivity index (χ3n) is 1.88. The monoisotopic (exact) mass is 224 g/mol. The van der Waals surface area contributed by atoms with Gasteiger partial charge in [-0.3, -0.25) is 0 Å². The molecule has 0 amide bonds. The molecular weight excluding hydrogens is 216 g/mol. The molecule has 5 nitrogen and oxygen atoms in total. The summed E-state index contributed by atoms with van der Waals surface area (Å²) in [5, 5.41) is 7.43. The van der Waals surface area contributed by atoms with Gasteiger partial charge in [0.25, 0.3) is 0 Å². The normalized spacial score (nSPS) is 10.3. The van der Waals surface area contributed by atoms with Crippen molar-refractivity contribution >= 4 is 17.4 Å². The molecule has 2 heterocycles. The van der Waals surface area contributed by atoms with Crippen LogP contribution < -0.4 is 4.90 Å². The van der Waals surface area contributed by atoms with E-state index in [1.165, 1.54) is 0 Å². The fourth-order valence-electron chi connectivity index (χ4n) is 1.18. The first kappa shape index (κ1) is 9.92. The van der Waals surface area contributed by atoms with Gasteiger partial charge in [0.1, 0.15) is 5.76 Å². The predicted octanol–water partition coefficient (Wildman–Crippen LogP) is 1.75. The van der Waals surface area contributed by atoms with Crippen molar-refractivity contribution in [3.63, 3.8) is 0 Å². The van der Waals surface area contributed by atoms with Crippen LogP contribution in [0.1, 0.15) is 5.76 Å². The van der Waals surface area contributed by atoms with Gasteiger partial charge in [-0.1, -0.05) is 0 Å². The summed E-state index contributed by atoms with van der Waals surface area (Å²) < 4.78 is 5.22. The van der Waals surface area contributed by atoms with E-state index in [-0.39, 0.29) is 5.28 Å². The first-order valence-corrected chi connectivity index (χ1v) is 4.72. The van der Waals surface area contributed by atoms with Gasteiger partial charge < -0.3 is 9.32 Å². The van der Waals surface area contributed by atoms with Gasteiger partial charge in [-0.05, 0) is 23.7 Å². The summed E-state index contributed by atoms with van der Waals surface area (Å²) in [7, 11) is 1.88. The summed E-state index contributed by atoms with van der Waals surface area (Å²) in [4.78, 5) is 5.90. The zero-order chi connectivity index (χ0) is 10.7. The van der Waals surface area contributed by atoms with E-state index in [0.717, 1.165) is 5.76 Å². The summed E-state index contributed by atoms with van der Waals surface area (Å²) in [5.41, 5.74) is 0. The lowest BCUT2D eigenvalue weighted by molar-refractivity contribution is 0.506. The molecule has 2 aromatic heterocycles. The minimum atomic E-state index is 0.138. The Morgan fingerprint density at radius 2 is 2.40 bits per heavy atom. The summed E-state index contributed by atoms with van der Waals surface area (Å²) >= 11 is 5.64. The van der Waals surface area contributed by atoms with Gasteiger partial charge in [-0.25, -0.2) is 0 Å². The number of anilines is 1. The molecule has 78 valence electrons. The van der Waals surface area contributed by atoms with Crippen molar-refractivity contribution in [2.45, 2.75) is 6.54 Å².